The molecule has 0 aliphatic rings. The van der Waals surface area contributed by atoms with Gasteiger partial charge in [0.2, 0.25) is 0 Å². The summed E-state index contributed by atoms with van der Waals surface area (Å²) in [5.41, 5.74) is 15.3. The monoisotopic (exact) mass is 264 g/mol. The van der Waals surface area contributed by atoms with Crippen molar-refractivity contribution in [2.75, 3.05) is 6.54 Å². The van der Waals surface area contributed by atoms with E-state index in [-0.39, 0.29) is 5.96 Å². The molecular formula is C9H20N4O5. The lowest BCUT2D eigenvalue weighted by atomic mass is 10.2. The van der Waals surface area contributed by atoms with E-state index in [0.29, 0.717) is 19.4 Å². The minimum atomic E-state index is -1.23. The zero-order valence-corrected chi connectivity index (χ0v) is 10.1. The fraction of sp³-hybridized carbons (Fsp3) is 0.667. The van der Waals surface area contributed by atoms with Crippen LogP contribution in [0.25, 0.3) is 0 Å². The number of guanidine groups is 1. The van der Waals surface area contributed by atoms with Crippen LogP contribution in [0, 0.1) is 0 Å². The number of hydrogen-bond acceptors (Lipinski definition) is 5. The number of aliphatic imine (C=N–C) groups is 1. The first-order valence-corrected chi connectivity index (χ1v) is 5.13. The van der Waals surface area contributed by atoms with Crippen LogP contribution >= 0.6 is 0 Å². The highest BCUT2D eigenvalue weighted by molar-refractivity contribution is 5.75. The molecule has 18 heavy (non-hydrogen) atoms. The predicted molar refractivity (Wildman–Crippen MR) is 64.8 cm³/mol. The maximum atomic E-state index is 10.2. The average molecular weight is 264 g/mol. The Bertz CT molecular complexity index is 289. The maximum absolute atomic E-state index is 10.2. The van der Waals surface area contributed by atoms with Gasteiger partial charge in [-0.3, -0.25) is 9.79 Å². The summed E-state index contributed by atoms with van der Waals surface area (Å²) in [5, 5.41) is 24.2. The second-order valence-electron chi connectivity index (χ2n) is 3.41. The molecule has 9 nitrogen and oxygen atoms in total. The summed E-state index contributed by atoms with van der Waals surface area (Å²) in [6.07, 6.45) is -0.276. The van der Waals surface area contributed by atoms with E-state index in [1.165, 1.54) is 6.92 Å². The number of carboxylic acids is 2. The van der Waals surface area contributed by atoms with Gasteiger partial charge in [-0.05, 0) is 19.8 Å². The Labute approximate surface area is 104 Å². The van der Waals surface area contributed by atoms with Crippen molar-refractivity contribution >= 4 is 17.9 Å². The van der Waals surface area contributed by atoms with E-state index in [1.807, 2.05) is 0 Å². The van der Waals surface area contributed by atoms with E-state index in [9.17, 15) is 9.59 Å². The summed E-state index contributed by atoms with van der Waals surface area (Å²) in [4.78, 5) is 23.3. The largest absolute Gasteiger partial charge is 0.480 e. The zero-order chi connectivity index (χ0) is 14.7. The molecule has 0 radical (unpaired) electrons. The van der Waals surface area contributed by atoms with Gasteiger partial charge in [0.05, 0.1) is 0 Å². The summed E-state index contributed by atoms with van der Waals surface area (Å²) in [6, 6.07) is -0.820. The summed E-state index contributed by atoms with van der Waals surface area (Å²) >= 11 is 0. The first-order valence-electron chi connectivity index (χ1n) is 5.13. The van der Waals surface area contributed by atoms with Gasteiger partial charge in [-0.1, -0.05) is 0 Å². The third kappa shape index (κ3) is 14.1. The van der Waals surface area contributed by atoms with Gasteiger partial charge in [0, 0.05) is 6.54 Å². The Morgan fingerprint density at radius 2 is 1.67 bits per heavy atom. The van der Waals surface area contributed by atoms with Gasteiger partial charge in [0.1, 0.15) is 12.1 Å². The molecule has 0 bridgehead atoms. The van der Waals surface area contributed by atoms with Crippen molar-refractivity contribution in [2.45, 2.75) is 31.9 Å². The van der Waals surface area contributed by atoms with Crippen LogP contribution in [-0.2, 0) is 9.59 Å². The van der Waals surface area contributed by atoms with Crippen molar-refractivity contribution in [2.24, 2.45) is 22.2 Å². The number of aliphatic hydroxyl groups is 1. The molecule has 0 heterocycles. The van der Waals surface area contributed by atoms with Crippen molar-refractivity contribution in [3.05, 3.63) is 0 Å². The third-order valence-electron chi connectivity index (χ3n) is 1.64. The molecule has 2 unspecified atom stereocenters. The SMILES string of the molecule is CC(O)C(=O)O.NC(N)=NCCCC(N)C(=O)O. The van der Waals surface area contributed by atoms with Gasteiger partial charge >= 0.3 is 11.9 Å². The fourth-order valence-corrected chi connectivity index (χ4v) is 0.643. The zero-order valence-electron chi connectivity index (χ0n) is 10.1. The highest BCUT2D eigenvalue weighted by Crippen LogP contribution is 1.94. The Morgan fingerprint density at radius 3 is 1.94 bits per heavy atom. The van der Waals surface area contributed by atoms with Crippen LogP contribution in [0.5, 0.6) is 0 Å². The van der Waals surface area contributed by atoms with Crippen LogP contribution in [0.15, 0.2) is 4.99 Å². The number of aliphatic carboxylic acids is 2. The molecule has 0 aromatic carbocycles. The lowest BCUT2D eigenvalue weighted by molar-refractivity contribution is -0.145. The second kappa shape index (κ2) is 10.3. The molecule has 2 atom stereocenters. The Balaban J connectivity index is 0. The molecule has 106 valence electrons. The molecule has 0 saturated carbocycles. The third-order valence-corrected chi connectivity index (χ3v) is 1.64. The van der Waals surface area contributed by atoms with Gasteiger partial charge in [-0.25, -0.2) is 4.79 Å². The van der Waals surface area contributed by atoms with E-state index in [0.717, 1.165) is 0 Å². The average Bonchev–Trinajstić information content (AvgIpc) is 2.24. The Hall–Kier alpha value is -1.87. The molecule has 0 saturated heterocycles. The van der Waals surface area contributed by atoms with Crippen LogP contribution < -0.4 is 17.2 Å². The summed E-state index contributed by atoms with van der Waals surface area (Å²) in [6.45, 7) is 1.62. The molecule has 0 amide bonds. The lowest BCUT2D eigenvalue weighted by Gasteiger charge is -2.03. The number of carboxylic acid groups (broad SMARTS) is 2. The van der Waals surface area contributed by atoms with Crippen molar-refractivity contribution in [3.8, 4) is 0 Å². The van der Waals surface area contributed by atoms with E-state index < -0.39 is 24.1 Å². The maximum Gasteiger partial charge on any atom is 0.332 e. The number of nitrogens with two attached hydrogens (primary N) is 3. The van der Waals surface area contributed by atoms with Crippen LogP contribution in [0.4, 0.5) is 0 Å². The van der Waals surface area contributed by atoms with Crippen LogP contribution in [-0.4, -0.2) is 51.9 Å². The Morgan fingerprint density at radius 1 is 1.22 bits per heavy atom. The molecule has 0 aromatic rings. The number of nitrogens with zero attached hydrogens (tertiary/aromatic N) is 1. The van der Waals surface area contributed by atoms with E-state index in [2.05, 4.69) is 4.99 Å². The number of hydrogen-bond donors (Lipinski definition) is 6. The molecule has 9 N–H and O–H groups in total. The molecule has 0 aliphatic heterocycles. The van der Waals surface area contributed by atoms with E-state index in [4.69, 9.17) is 32.5 Å². The van der Waals surface area contributed by atoms with Gasteiger partial charge in [-0.15, -0.1) is 0 Å². The normalized spacial score (nSPS) is 12.6. The van der Waals surface area contributed by atoms with Crippen LogP contribution in [0.3, 0.4) is 0 Å². The molecule has 0 aromatic heterocycles. The minimum absolute atomic E-state index is 0.0129. The van der Waals surface area contributed by atoms with Crippen LogP contribution in [0.2, 0.25) is 0 Å². The first kappa shape index (κ1) is 18.5. The van der Waals surface area contributed by atoms with Crippen molar-refractivity contribution < 1.29 is 24.9 Å². The molecule has 0 fully saturated rings. The molecule has 0 aliphatic carbocycles. The molecule has 0 rings (SSSR count). The number of carbonyl (C=O) groups is 2. The number of rotatable bonds is 6. The van der Waals surface area contributed by atoms with Gasteiger partial charge < -0.3 is 32.5 Å². The quantitative estimate of drug-likeness (QED) is 0.179. The van der Waals surface area contributed by atoms with Crippen molar-refractivity contribution in [1.82, 2.24) is 0 Å². The van der Waals surface area contributed by atoms with Crippen LogP contribution in [0.1, 0.15) is 19.8 Å². The summed E-state index contributed by atoms with van der Waals surface area (Å²) in [5.74, 6) is -2.17. The lowest BCUT2D eigenvalue weighted by Crippen LogP contribution is -2.30. The molecule has 0 spiro atoms. The predicted octanol–water partition coefficient (Wildman–Crippen LogP) is -2.10. The highest BCUT2D eigenvalue weighted by atomic mass is 16.4. The molecular weight excluding hydrogens is 244 g/mol. The summed E-state index contributed by atoms with van der Waals surface area (Å²) < 4.78 is 0. The summed E-state index contributed by atoms with van der Waals surface area (Å²) in [7, 11) is 0. The standard InChI is InChI=1S/C6H14N4O2.C3H6O3/c7-4(5(11)12)2-1-3-10-6(8)9;1-2(4)3(5)6/h4H,1-3,7H2,(H,11,12)(H4,8,9,10);2,4H,1H3,(H,5,6). The minimum Gasteiger partial charge on any atom is -0.480 e. The van der Waals surface area contributed by atoms with Gasteiger partial charge in [-0.2, -0.15) is 0 Å². The topological polar surface area (TPSA) is 185 Å². The fourth-order valence-electron chi connectivity index (χ4n) is 0.643. The highest BCUT2D eigenvalue weighted by Gasteiger charge is 2.09. The van der Waals surface area contributed by atoms with Crippen molar-refractivity contribution in [1.29, 1.82) is 0 Å². The van der Waals surface area contributed by atoms with E-state index in [1.54, 1.807) is 0 Å². The van der Waals surface area contributed by atoms with Crippen molar-refractivity contribution in [3.63, 3.8) is 0 Å². The van der Waals surface area contributed by atoms with E-state index >= 15 is 0 Å². The van der Waals surface area contributed by atoms with Gasteiger partial charge in [0.15, 0.2) is 5.96 Å². The Kier molecular flexibility index (Phi) is 10.6. The molecule has 9 heteroatoms. The smallest absolute Gasteiger partial charge is 0.332 e. The second-order valence-corrected chi connectivity index (χ2v) is 3.41. The van der Waals surface area contributed by atoms with Gasteiger partial charge in [0.25, 0.3) is 0 Å². The first-order chi connectivity index (χ1) is 8.18. The number of aliphatic hydroxyl groups excluding tert-OH is 1.